The van der Waals surface area contributed by atoms with Crippen molar-refractivity contribution in [2.24, 2.45) is 7.05 Å². The fourth-order valence-corrected chi connectivity index (χ4v) is 2.86. The number of carbonyl (C=O) groups excluding carboxylic acids is 1. The second-order valence-corrected chi connectivity index (χ2v) is 5.45. The number of carbonyl (C=O) groups is 1. The Morgan fingerprint density at radius 3 is 2.95 bits per heavy atom. The zero-order chi connectivity index (χ0) is 15.0. The number of aromatic hydroxyl groups is 1. The maximum absolute atomic E-state index is 12.7. The second-order valence-electron chi connectivity index (χ2n) is 5.45. The SMILES string of the molecule is CCc1nn(C)cc1C(=O)N1CCc2ccc(O)cc2C1. The first-order chi connectivity index (χ1) is 10.1. The summed E-state index contributed by atoms with van der Waals surface area (Å²) < 4.78 is 1.69. The minimum atomic E-state index is 0.0222. The Morgan fingerprint density at radius 1 is 1.38 bits per heavy atom. The normalized spacial score (nSPS) is 14.1. The van der Waals surface area contributed by atoms with Crippen molar-refractivity contribution in [3.05, 3.63) is 46.8 Å². The third-order valence-electron chi connectivity index (χ3n) is 3.96. The number of aryl methyl sites for hydroxylation is 2. The summed E-state index contributed by atoms with van der Waals surface area (Å²) in [6.07, 6.45) is 3.36. The topological polar surface area (TPSA) is 58.4 Å². The van der Waals surface area contributed by atoms with E-state index in [9.17, 15) is 9.90 Å². The number of phenolic OH excluding ortho intramolecular Hbond substituents is 1. The number of fused-ring (bicyclic) bond motifs is 1. The van der Waals surface area contributed by atoms with Crippen LogP contribution >= 0.6 is 0 Å². The van der Waals surface area contributed by atoms with Gasteiger partial charge in [0.15, 0.2) is 0 Å². The number of aromatic nitrogens is 2. The number of hydrogen-bond donors (Lipinski definition) is 1. The lowest BCUT2D eigenvalue weighted by Gasteiger charge is -2.29. The van der Waals surface area contributed by atoms with E-state index >= 15 is 0 Å². The molecule has 3 rings (SSSR count). The Bertz CT molecular complexity index is 691. The highest BCUT2D eigenvalue weighted by Crippen LogP contribution is 2.24. The van der Waals surface area contributed by atoms with Crippen LogP contribution in [-0.4, -0.2) is 32.2 Å². The Balaban J connectivity index is 1.86. The lowest BCUT2D eigenvalue weighted by molar-refractivity contribution is 0.0733. The molecule has 0 spiro atoms. The zero-order valence-electron chi connectivity index (χ0n) is 12.3. The molecule has 0 atom stereocenters. The monoisotopic (exact) mass is 285 g/mol. The minimum Gasteiger partial charge on any atom is -0.508 e. The second kappa shape index (κ2) is 5.24. The number of phenols is 1. The third-order valence-corrected chi connectivity index (χ3v) is 3.96. The zero-order valence-corrected chi connectivity index (χ0v) is 12.3. The van der Waals surface area contributed by atoms with E-state index in [1.165, 1.54) is 5.56 Å². The Morgan fingerprint density at radius 2 is 2.19 bits per heavy atom. The van der Waals surface area contributed by atoms with E-state index in [-0.39, 0.29) is 11.7 Å². The maximum Gasteiger partial charge on any atom is 0.257 e. The van der Waals surface area contributed by atoms with Crippen LogP contribution in [-0.2, 0) is 26.4 Å². The number of benzene rings is 1. The van der Waals surface area contributed by atoms with Gasteiger partial charge >= 0.3 is 0 Å². The van der Waals surface area contributed by atoms with Crippen molar-refractivity contribution in [1.29, 1.82) is 0 Å². The van der Waals surface area contributed by atoms with Gasteiger partial charge in [-0.2, -0.15) is 5.10 Å². The summed E-state index contributed by atoms with van der Waals surface area (Å²) in [5, 5.41) is 13.9. The molecule has 0 aliphatic carbocycles. The fraction of sp³-hybridized carbons (Fsp3) is 0.375. The van der Waals surface area contributed by atoms with Crippen LogP contribution in [0.15, 0.2) is 24.4 Å². The summed E-state index contributed by atoms with van der Waals surface area (Å²) in [7, 11) is 1.83. The van der Waals surface area contributed by atoms with Gasteiger partial charge in [-0.3, -0.25) is 9.48 Å². The van der Waals surface area contributed by atoms with Gasteiger partial charge in [0.05, 0.1) is 11.3 Å². The van der Waals surface area contributed by atoms with Crippen LogP contribution in [0.1, 0.15) is 34.1 Å². The average molecular weight is 285 g/mol. The van der Waals surface area contributed by atoms with Crippen molar-refractivity contribution in [2.45, 2.75) is 26.3 Å². The third kappa shape index (κ3) is 2.51. The number of nitrogens with zero attached hydrogens (tertiary/aromatic N) is 3. The van der Waals surface area contributed by atoms with Gasteiger partial charge in [-0.25, -0.2) is 0 Å². The van der Waals surface area contributed by atoms with Crippen LogP contribution in [0.2, 0.25) is 0 Å². The van der Waals surface area contributed by atoms with Crippen LogP contribution in [0.25, 0.3) is 0 Å². The van der Waals surface area contributed by atoms with Crippen molar-refractivity contribution < 1.29 is 9.90 Å². The van der Waals surface area contributed by atoms with Gasteiger partial charge in [0, 0.05) is 26.3 Å². The van der Waals surface area contributed by atoms with Gasteiger partial charge in [-0.1, -0.05) is 13.0 Å². The Labute approximate surface area is 123 Å². The van der Waals surface area contributed by atoms with Crippen LogP contribution in [0.5, 0.6) is 5.75 Å². The molecule has 1 aliphatic heterocycles. The molecule has 2 aromatic rings. The predicted octanol–water partition coefficient (Wildman–Crippen LogP) is 1.89. The van der Waals surface area contributed by atoms with Gasteiger partial charge in [0.1, 0.15) is 5.75 Å². The molecular formula is C16H19N3O2. The molecule has 21 heavy (non-hydrogen) atoms. The van der Waals surface area contributed by atoms with E-state index in [4.69, 9.17) is 0 Å². The van der Waals surface area contributed by atoms with E-state index in [0.717, 1.165) is 24.1 Å². The Hall–Kier alpha value is -2.30. The van der Waals surface area contributed by atoms with Crippen molar-refractivity contribution in [3.8, 4) is 5.75 Å². The number of amides is 1. The summed E-state index contributed by atoms with van der Waals surface area (Å²) >= 11 is 0. The standard InChI is InChI=1S/C16H19N3O2/c1-3-15-14(10-18(2)17-15)16(21)19-7-6-11-4-5-13(20)8-12(11)9-19/h4-5,8,10,20H,3,6-7,9H2,1-2H3. The molecule has 2 heterocycles. The molecule has 0 saturated heterocycles. The molecule has 5 heteroatoms. The van der Waals surface area contributed by atoms with Crippen molar-refractivity contribution in [1.82, 2.24) is 14.7 Å². The maximum atomic E-state index is 12.7. The molecule has 1 aromatic heterocycles. The van der Waals surface area contributed by atoms with Crippen molar-refractivity contribution in [3.63, 3.8) is 0 Å². The molecule has 0 bridgehead atoms. The molecular weight excluding hydrogens is 266 g/mol. The predicted molar refractivity (Wildman–Crippen MR) is 79.1 cm³/mol. The van der Waals surface area contributed by atoms with Gasteiger partial charge in [-0.15, -0.1) is 0 Å². The molecule has 0 radical (unpaired) electrons. The van der Waals surface area contributed by atoms with E-state index < -0.39 is 0 Å². The molecule has 0 fully saturated rings. The highest BCUT2D eigenvalue weighted by atomic mass is 16.3. The first-order valence-electron chi connectivity index (χ1n) is 7.21. The molecule has 0 saturated carbocycles. The lowest BCUT2D eigenvalue weighted by Crippen LogP contribution is -2.36. The van der Waals surface area contributed by atoms with Crippen LogP contribution in [0.4, 0.5) is 0 Å². The van der Waals surface area contributed by atoms with Crippen LogP contribution in [0, 0.1) is 0 Å². The molecule has 0 unspecified atom stereocenters. The summed E-state index contributed by atoms with van der Waals surface area (Å²) in [6, 6.07) is 5.39. The largest absolute Gasteiger partial charge is 0.508 e. The lowest BCUT2D eigenvalue weighted by atomic mass is 9.99. The first kappa shape index (κ1) is 13.7. The highest BCUT2D eigenvalue weighted by Gasteiger charge is 2.24. The number of rotatable bonds is 2. The van der Waals surface area contributed by atoms with Gasteiger partial charge < -0.3 is 10.0 Å². The Kier molecular flexibility index (Phi) is 3.41. The molecule has 1 aliphatic rings. The smallest absolute Gasteiger partial charge is 0.257 e. The first-order valence-corrected chi connectivity index (χ1v) is 7.21. The molecule has 1 amide bonds. The fourth-order valence-electron chi connectivity index (χ4n) is 2.86. The molecule has 1 aromatic carbocycles. The van der Waals surface area contributed by atoms with Gasteiger partial charge in [0.25, 0.3) is 5.91 Å². The van der Waals surface area contributed by atoms with Crippen molar-refractivity contribution >= 4 is 5.91 Å². The minimum absolute atomic E-state index is 0.0222. The summed E-state index contributed by atoms with van der Waals surface area (Å²) in [5.41, 5.74) is 3.75. The van der Waals surface area contributed by atoms with Gasteiger partial charge in [0.2, 0.25) is 0 Å². The molecule has 110 valence electrons. The highest BCUT2D eigenvalue weighted by molar-refractivity contribution is 5.95. The van der Waals surface area contributed by atoms with Crippen molar-refractivity contribution in [2.75, 3.05) is 6.54 Å². The van der Waals surface area contributed by atoms with Gasteiger partial charge in [-0.05, 0) is 36.1 Å². The van der Waals surface area contributed by atoms with E-state index in [1.807, 2.05) is 24.9 Å². The van der Waals surface area contributed by atoms with E-state index in [0.29, 0.717) is 18.7 Å². The summed E-state index contributed by atoms with van der Waals surface area (Å²) in [6.45, 7) is 3.25. The van der Waals surface area contributed by atoms with Crippen LogP contribution in [0.3, 0.4) is 0 Å². The summed E-state index contributed by atoms with van der Waals surface area (Å²) in [5.74, 6) is 0.271. The van der Waals surface area contributed by atoms with E-state index in [1.54, 1.807) is 23.0 Å². The average Bonchev–Trinajstić information content (AvgIpc) is 2.86. The molecule has 1 N–H and O–H groups in total. The quantitative estimate of drug-likeness (QED) is 0.916. The molecule has 5 nitrogen and oxygen atoms in total. The summed E-state index contributed by atoms with van der Waals surface area (Å²) in [4.78, 5) is 14.5. The van der Waals surface area contributed by atoms with Crippen LogP contribution < -0.4 is 0 Å². The van der Waals surface area contributed by atoms with E-state index in [2.05, 4.69) is 5.10 Å². The number of hydrogen-bond acceptors (Lipinski definition) is 3.